The molecule has 3 atom stereocenters. The average molecular weight is 455 g/mol. The summed E-state index contributed by atoms with van der Waals surface area (Å²) in [5.41, 5.74) is 0.911. The first-order chi connectivity index (χ1) is 14.4. The Balaban J connectivity index is 1.91. The average Bonchev–Trinajstić information content (AvgIpc) is 2.70. The number of aliphatic carboxylic acids is 1. The van der Waals surface area contributed by atoms with Crippen molar-refractivity contribution >= 4 is 27.8 Å². The summed E-state index contributed by atoms with van der Waals surface area (Å²) in [5, 5.41) is 22.7. The van der Waals surface area contributed by atoms with Gasteiger partial charge >= 0.3 is 0 Å². The summed E-state index contributed by atoms with van der Waals surface area (Å²) in [7, 11) is -3.86. The molecule has 11 heteroatoms. The molecule has 1 aliphatic rings. The maximum absolute atomic E-state index is 12.7. The number of likely N-dealkylation sites (tertiary alicyclic amines) is 1. The highest BCUT2D eigenvalue weighted by atomic mass is 32.2. The fourth-order valence-electron chi connectivity index (χ4n) is 3.35. The summed E-state index contributed by atoms with van der Waals surface area (Å²) in [4.78, 5) is 37.5. The van der Waals surface area contributed by atoms with Gasteiger partial charge < -0.3 is 25.2 Å². The van der Waals surface area contributed by atoms with E-state index in [1.807, 2.05) is 6.92 Å². The first-order valence-electron chi connectivity index (χ1n) is 9.99. The minimum atomic E-state index is -3.86. The van der Waals surface area contributed by atoms with Crippen LogP contribution in [-0.4, -0.2) is 67.5 Å². The molecular formula is C20H28N3O7S-. The topological polar surface area (TPSA) is 156 Å². The van der Waals surface area contributed by atoms with Crippen LogP contribution < -0.4 is 15.1 Å². The molecule has 1 aromatic rings. The van der Waals surface area contributed by atoms with Crippen LogP contribution in [0.25, 0.3) is 0 Å². The van der Waals surface area contributed by atoms with E-state index in [1.165, 1.54) is 30.9 Å². The van der Waals surface area contributed by atoms with E-state index in [-0.39, 0.29) is 30.8 Å². The van der Waals surface area contributed by atoms with Crippen LogP contribution in [0.4, 0.5) is 0 Å². The molecule has 2 rings (SSSR count). The molecule has 1 aromatic carbocycles. The number of carbonyl (C=O) groups is 3. The highest BCUT2D eigenvalue weighted by molar-refractivity contribution is 7.89. The highest BCUT2D eigenvalue weighted by Crippen LogP contribution is 2.19. The van der Waals surface area contributed by atoms with E-state index in [9.17, 15) is 33.0 Å². The van der Waals surface area contributed by atoms with Crippen LogP contribution in [0.1, 0.15) is 32.3 Å². The lowest BCUT2D eigenvalue weighted by Crippen LogP contribution is -2.56. The van der Waals surface area contributed by atoms with E-state index in [0.717, 1.165) is 5.56 Å². The number of amides is 2. The molecule has 1 saturated heterocycles. The van der Waals surface area contributed by atoms with Crippen LogP contribution in [0.5, 0.6) is 0 Å². The number of hydrogen-bond acceptors (Lipinski definition) is 7. The minimum Gasteiger partial charge on any atom is -0.548 e. The number of nitrogens with one attached hydrogen (secondary N) is 2. The standard InChI is InChI=1S/C20H29N3O7S/c1-12-4-6-16(7-5-12)31(29,30)22-13(2)19(26)23-10-8-15(9-11-23)18(25)21-17(14(3)24)20(27)28/h4-7,13-15,17,22,24H,8-11H2,1-3H3,(H,21,25)(H,27,28)/p-1/t13-,14+,17-/m0/s1. The van der Waals surface area contributed by atoms with Crippen molar-refractivity contribution in [1.29, 1.82) is 0 Å². The third kappa shape index (κ3) is 6.49. The van der Waals surface area contributed by atoms with Crippen molar-refractivity contribution in [3.05, 3.63) is 29.8 Å². The number of aliphatic hydroxyl groups excluding tert-OH is 1. The molecule has 31 heavy (non-hydrogen) atoms. The second-order valence-electron chi connectivity index (χ2n) is 7.80. The van der Waals surface area contributed by atoms with Crippen molar-refractivity contribution < 1.29 is 33.0 Å². The lowest BCUT2D eigenvalue weighted by atomic mass is 9.95. The van der Waals surface area contributed by atoms with Gasteiger partial charge in [-0.1, -0.05) is 17.7 Å². The molecule has 1 fully saturated rings. The summed E-state index contributed by atoms with van der Waals surface area (Å²) in [5.74, 6) is -3.05. The van der Waals surface area contributed by atoms with E-state index in [1.54, 1.807) is 12.1 Å². The Morgan fingerprint density at radius 1 is 1.13 bits per heavy atom. The Hall–Kier alpha value is -2.50. The Morgan fingerprint density at radius 2 is 1.68 bits per heavy atom. The van der Waals surface area contributed by atoms with Crippen LogP contribution in [-0.2, 0) is 24.4 Å². The van der Waals surface area contributed by atoms with Crippen LogP contribution in [0, 0.1) is 12.8 Å². The molecule has 0 bridgehead atoms. The molecular weight excluding hydrogens is 426 g/mol. The molecule has 0 saturated carbocycles. The van der Waals surface area contributed by atoms with Gasteiger partial charge in [-0.05, 0) is 45.7 Å². The molecule has 0 unspecified atom stereocenters. The minimum absolute atomic E-state index is 0.0636. The van der Waals surface area contributed by atoms with Crippen molar-refractivity contribution in [2.24, 2.45) is 5.92 Å². The number of carboxylic acids is 1. The normalized spacial score (nSPS) is 18.1. The van der Waals surface area contributed by atoms with Crippen LogP contribution >= 0.6 is 0 Å². The first kappa shape index (κ1) is 24.8. The summed E-state index contributed by atoms with van der Waals surface area (Å²) in [6.45, 7) is 4.97. The van der Waals surface area contributed by atoms with Gasteiger partial charge in [0.15, 0.2) is 0 Å². The molecule has 1 aliphatic heterocycles. The number of sulfonamides is 1. The first-order valence-corrected chi connectivity index (χ1v) is 11.5. The molecule has 0 aliphatic carbocycles. The number of aryl methyl sites for hydroxylation is 1. The summed E-state index contributed by atoms with van der Waals surface area (Å²) < 4.78 is 27.3. The van der Waals surface area contributed by atoms with Crippen molar-refractivity contribution in [3.8, 4) is 0 Å². The molecule has 2 amide bonds. The Morgan fingerprint density at radius 3 is 2.16 bits per heavy atom. The van der Waals surface area contributed by atoms with E-state index < -0.39 is 51.9 Å². The van der Waals surface area contributed by atoms with Crippen molar-refractivity contribution in [2.45, 2.75) is 56.7 Å². The summed E-state index contributed by atoms with van der Waals surface area (Å²) in [6.07, 6.45) is -0.735. The van der Waals surface area contributed by atoms with Gasteiger partial charge in [-0.2, -0.15) is 4.72 Å². The number of hydrogen-bond donors (Lipinski definition) is 3. The Labute approximate surface area is 181 Å². The van der Waals surface area contributed by atoms with Crippen molar-refractivity contribution in [2.75, 3.05) is 13.1 Å². The number of rotatable bonds is 8. The Bertz CT molecular complexity index is 907. The van der Waals surface area contributed by atoms with E-state index >= 15 is 0 Å². The summed E-state index contributed by atoms with van der Waals surface area (Å²) in [6, 6.07) is 3.76. The van der Waals surface area contributed by atoms with Gasteiger partial charge in [-0.3, -0.25) is 9.59 Å². The molecule has 1 heterocycles. The number of benzene rings is 1. The predicted molar refractivity (Wildman–Crippen MR) is 109 cm³/mol. The van der Waals surface area contributed by atoms with Crippen molar-refractivity contribution in [3.63, 3.8) is 0 Å². The van der Waals surface area contributed by atoms with Gasteiger partial charge in [-0.25, -0.2) is 8.42 Å². The van der Waals surface area contributed by atoms with E-state index in [0.29, 0.717) is 0 Å². The number of piperidine rings is 1. The maximum Gasteiger partial charge on any atom is 0.241 e. The smallest absolute Gasteiger partial charge is 0.241 e. The number of nitrogens with zero attached hydrogens (tertiary/aromatic N) is 1. The van der Waals surface area contributed by atoms with Gasteiger partial charge in [0.2, 0.25) is 21.8 Å². The van der Waals surface area contributed by atoms with Gasteiger partial charge in [0.05, 0.1) is 29.1 Å². The van der Waals surface area contributed by atoms with Gasteiger partial charge in [-0.15, -0.1) is 0 Å². The lowest BCUT2D eigenvalue weighted by Gasteiger charge is -2.34. The van der Waals surface area contributed by atoms with E-state index in [4.69, 9.17) is 0 Å². The summed E-state index contributed by atoms with van der Waals surface area (Å²) >= 11 is 0. The molecule has 172 valence electrons. The maximum atomic E-state index is 12.7. The zero-order valence-corrected chi connectivity index (χ0v) is 18.5. The van der Waals surface area contributed by atoms with Crippen LogP contribution in [0.3, 0.4) is 0 Å². The third-order valence-electron chi connectivity index (χ3n) is 5.25. The number of carbonyl (C=O) groups excluding carboxylic acids is 3. The van der Waals surface area contributed by atoms with Crippen molar-refractivity contribution in [1.82, 2.24) is 14.9 Å². The van der Waals surface area contributed by atoms with Crippen LogP contribution in [0.15, 0.2) is 29.2 Å². The molecule has 0 spiro atoms. The molecule has 0 radical (unpaired) electrons. The monoisotopic (exact) mass is 454 g/mol. The number of carboxylic acid groups (broad SMARTS) is 1. The zero-order chi connectivity index (χ0) is 23.3. The van der Waals surface area contributed by atoms with E-state index in [2.05, 4.69) is 10.0 Å². The second-order valence-corrected chi connectivity index (χ2v) is 9.52. The highest BCUT2D eigenvalue weighted by Gasteiger charge is 2.32. The lowest BCUT2D eigenvalue weighted by molar-refractivity contribution is -0.310. The SMILES string of the molecule is Cc1ccc(S(=O)(=O)N[C@@H](C)C(=O)N2CCC(C(=O)N[C@H](C(=O)[O-])[C@@H](C)O)CC2)cc1. The third-order valence-corrected chi connectivity index (χ3v) is 6.80. The zero-order valence-electron chi connectivity index (χ0n) is 17.7. The number of aliphatic hydroxyl groups is 1. The van der Waals surface area contributed by atoms with Gasteiger partial charge in [0.1, 0.15) is 0 Å². The van der Waals surface area contributed by atoms with Gasteiger partial charge in [0.25, 0.3) is 0 Å². The Kier molecular flexibility index (Phi) is 8.15. The molecule has 0 aromatic heterocycles. The fraction of sp³-hybridized carbons (Fsp3) is 0.550. The predicted octanol–water partition coefficient (Wildman–Crippen LogP) is -1.48. The largest absolute Gasteiger partial charge is 0.548 e. The fourth-order valence-corrected chi connectivity index (χ4v) is 4.55. The molecule has 10 nitrogen and oxygen atoms in total. The van der Waals surface area contributed by atoms with Crippen LogP contribution in [0.2, 0.25) is 0 Å². The second kappa shape index (κ2) is 10.2. The quantitative estimate of drug-likeness (QED) is 0.432. The molecule has 3 N–H and O–H groups in total. The van der Waals surface area contributed by atoms with Gasteiger partial charge in [0, 0.05) is 19.0 Å².